The van der Waals surface area contributed by atoms with Gasteiger partial charge in [0.1, 0.15) is 6.61 Å². The first kappa shape index (κ1) is 14.3. The van der Waals surface area contributed by atoms with E-state index in [1.165, 1.54) is 0 Å². The summed E-state index contributed by atoms with van der Waals surface area (Å²) >= 11 is 0. The van der Waals surface area contributed by atoms with E-state index in [-0.39, 0.29) is 24.5 Å². The number of cyclic esters (lactones) is 1. The summed E-state index contributed by atoms with van der Waals surface area (Å²) in [6.07, 6.45) is 6.05. The molecule has 1 aliphatic rings. The molecule has 20 heavy (non-hydrogen) atoms. The summed E-state index contributed by atoms with van der Waals surface area (Å²) in [4.78, 5) is 23.5. The van der Waals surface area contributed by atoms with Gasteiger partial charge in [-0.05, 0) is 18.4 Å². The lowest BCUT2D eigenvalue weighted by molar-refractivity contribution is -0.145. The number of rotatable bonds is 1. The van der Waals surface area contributed by atoms with E-state index < -0.39 is 0 Å². The van der Waals surface area contributed by atoms with Crippen LogP contribution in [0, 0.1) is 0 Å². The minimum Gasteiger partial charge on any atom is -0.463 e. The predicted octanol–water partition coefficient (Wildman–Crippen LogP) is 2.52. The van der Waals surface area contributed by atoms with Gasteiger partial charge in [0, 0.05) is 12.8 Å². The molecule has 0 saturated heterocycles. The van der Waals surface area contributed by atoms with Crippen LogP contribution in [0.2, 0.25) is 0 Å². The van der Waals surface area contributed by atoms with E-state index >= 15 is 0 Å². The van der Waals surface area contributed by atoms with E-state index in [1.54, 1.807) is 0 Å². The predicted molar refractivity (Wildman–Crippen MR) is 75.9 cm³/mol. The molecular formula is C16H19NO3. The van der Waals surface area contributed by atoms with Crippen LogP contribution in [-0.4, -0.2) is 18.5 Å². The van der Waals surface area contributed by atoms with Gasteiger partial charge >= 0.3 is 5.97 Å². The first-order valence-corrected chi connectivity index (χ1v) is 6.90. The summed E-state index contributed by atoms with van der Waals surface area (Å²) in [7, 11) is 0. The van der Waals surface area contributed by atoms with Crippen LogP contribution in [0.15, 0.2) is 42.5 Å². The maximum atomic E-state index is 11.9. The van der Waals surface area contributed by atoms with Crippen molar-refractivity contribution in [3.8, 4) is 0 Å². The van der Waals surface area contributed by atoms with E-state index in [9.17, 15) is 9.59 Å². The molecule has 1 aliphatic heterocycles. The second-order valence-corrected chi connectivity index (χ2v) is 4.76. The monoisotopic (exact) mass is 273 g/mol. The Labute approximate surface area is 118 Å². The van der Waals surface area contributed by atoms with Gasteiger partial charge in [-0.15, -0.1) is 0 Å². The molecule has 1 aromatic rings. The first-order valence-electron chi connectivity index (χ1n) is 6.90. The van der Waals surface area contributed by atoms with Gasteiger partial charge in [-0.1, -0.05) is 42.5 Å². The number of carbonyl (C=O) groups is 2. The lowest BCUT2D eigenvalue weighted by atomic mass is 10.1. The molecule has 0 unspecified atom stereocenters. The fourth-order valence-corrected chi connectivity index (χ4v) is 2.07. The van der Waals surface area contributed by atoms with E-state index in [1.807, 2.05) is 42.5 Å². The van der Waals surface area contributed by atoms with Gasteiger partial charge in [0.15, 0.2) is 0 Å². The highest BCUT2D eigenvalue weighted by atomic mass is 16.5. The van der Waals surface area contributed by atoms with Gasteiger partial charge in [0.2, 0.25) is 5.91 Å². The number of esters is 1. The van der Waals surface area contributed by atoms with E-state index in [0.29, 0.717) is 25.7 Å². The molecule has 0 aliphatic carbocycles. The molecule has 0 radical (unpaired) electrons. The Hall–Kier alpha value is -2.10. The molecule has 0 aromatic heterocycles. The third-order valence-electron chi connectivity index (χ3n) is 3.17. The van der Waals surface area contributed by atoms with Crippen molar-refractivity contribution < 1.29 is 14.3 Å². The number of ether oxygens (including phenoxy) is 1. The maximum absolute atomic E-state index is 11.9. The van der Waals surface area contributed by atoms with Crippen molar-refractivity contribution in [2.45, 2.75) is 31.7 Å². The maximum Gasteiger partial charge on any atom is 0.306 e. The summed E-state index contributed by atoms with van der Waals surface area (Å²) in [5.41, 5.74) is 0.946. The van der Waals surface area contributed by atoms with Gasteiger partial charge in [0.05, 0.1) is 6.04 Å². The number of hydrogen-bond acceptors (Lipinski definition) is 3. The highest BCUT2D eigenvalue weighted by Gasteiger charge is 2.16. The highest BCUT2D eigenvalue weighted by Crippen LogP contribution is 2.14. The van der Waals surface area contributed by atoms with Crippen molar-refractivity contribution in [3.05, 3.63) is 48.0 Å². The molecule has 1 amide bonds. The standard InChI is InChI=1S/C16H19NO3/c18-15-10-6-1-2-7-11-16(19)20-12-14(17-15)13-8-4-3-5-9-13/h1-5,8-9,14H,6-7,10-12H2,(H,17,18)/b2-1+/t14-/m0/s1. The van der Waals surface area contributed by atoms with Gasteiger partial charge in [-0.25, -0.2) is 0 Å². The summed E-state index contributed by atoms with van der Waals surface area (Å²) in [5.74, 6) is -0.259. The fourth-order valence-electron chi connectivity index (χ4n) is 2.07. The summed E-state index contributed by atoms with van der Waals surface area (Å²) in [6, 6.07) is 9.29. The number of allylic oxidation sites excluding steroid dienone is 2. The number of nitrogens with one attached hydrogen (secondary N) is 1. The van der Waals surface area contributed by atoms with Crippen LogP contribution in [0.1, 0.15) is 37.3 Å². The second kappa shape index (κ2) is 7.48. The minimum atomic E-state index is -0.281. The van der Waals surface area contributed by atoms with Crippen LogP contribution in [0.25, 0.3) is 0 Å². The molecule has 0 spiro atoms. The number of amides is 1. The Morgan fingerprint density at radius 2 is 1.70 bits per heavy atom. The zero-order valence-electron chi connectivity index (χ0n) is 11.4. The molecule has 0 saturated carbocycles. The van der Waals surface area contributed by atoms with E-state index in [2.05, 4.69) is 5.32 Å². The molecule has 4 nitrogen and oxygen atoms in total. The molecule has 0 bridgehead atoms. The van der Waals surface area contributed by atoms with Crippen LogP contribution in [0.4, 0.5) is 0 Å². The fraction of sp³-hybridized carbons (Fsp3) is 0.375. The van der Waals surface area contributed by atoms with Crippen LogP contribution < -0.4 is 5.32 Å². The number of carbonyl (C=O) groups excluding carboxylic acids is 2. The van der Waals surface area contributed by atoms with Gasteiger partial charge in [-0.2, -0.15) is 0 Å². The Morgan fingerprint density at radius 1 is 1.00 bits per heavy atom. The molecular weight excluding hydrogens is 254 g/mol. The number of hydrogen-bond donors (Lipinski definition) is 1. The average Bonchev–Trinajstić information content (AvgIpc) is 2.46. The molecule has 4 heteroatoms. The SMILES string of the molecule is O=C1CC/C=C/CCC(=O)OC[C@@H](c2ccccc2)N1. The van der Waals surface area contributed by atoms with Crippen LogP contribution >= 0.6 is 0 Å². The van der Waals surface area contributed by atoms with Gasteiger partial charge in [-0.3, -0.25) is 9.59 Å². The zero-order valence-corrected chi connectivity index (χ0v) is 11.4. The smallest absolute Gasteiger partial charge is 0.306 e. The summed E-state index contributed by atoms with van der Waals surface area (Å²) in [6.45, 7) is 0.179. The molecule has 1 aromatic carbocycles. The average molecular weight is 273 g/mol. The molecule has 1 heterocycles. The number of benzene rings is 1. The first-order chi connectivity index (χ1) is 9.75. The topological polar surface area (TPSA) is 55.4 Å². The van der Waals surface area contributed by atoms with Gasteiger partial charge < -0.3 is 10.1 Å². The van der Waals surface area contributed by atoms with Crippen molar-refractivity contribution in [1.29, 1.82) is 0 Å². The van der Waals surface area contributed by atoms with Crippen molar-refractivity contribution in [2.24, 2.45) is 0 Å². The molecule has 1 atom stereocenters. The summed E-state index contributed by atoms with van der Waals surface area (Å²) in [5, 5.41) is 2.92. The molecule has 1 N–H and O–H groups in total. The lowest BCUT2D eigenvalue weighted by Gasteiger charge is -2.19. The highest BCUT2D eigenvalue weighted by molar-refractivity contribution is 5.76. The lowest BCUT2D eigenvalue weighted by Crippen LogP contribution is -2.32. The third kappa shape index (κ3) is 4.53. The van der Waals surface area contributed by atoms with Gasteiger partial charge in [0.25, 0.3) is 0 Å². The van der Waals surface area contributed by atoms with E-state index in [0.717, 1.165) is 5.56 Å². The normalized spacial score (nSPS) is 22.9. The molecule has 0 fully saturated rings. The van der Waals surface area contributed by atoms with Crippen molar-refractivity contribution in [2.75, 3.05) is 6.61 Å². The quantitative estimate of drug-likeness (QED) is 0.632. The van der Waals surface area contributed by atoms with Crippen molar-refractivity contribution >= 4 is 11.9 Å². The molecule has 106 valence electrons. The minimum absolute atomic E-state index is 0.0277. The third-order valence-corrected chi connectivity index (χ3v) is 3.17. The van der Waals surface area contributed by atoms with Crippen LogP contribution in [-0.2, 0) is 14.3 Å². The Kier molecular flexibility index (Phi) is 5.35. The van der Waals surface area contributed by atoms with Crippen LogP contribution in [0.5, 0.6) is 0 Å². The zero-order chi connectivity index (χ0) is 14.2. The Balaban J connectivity index is 2.09. The van der Waals surface area contributed by atoms with Crippen LogP contribution in [0.3, 0.4) is 0 Å². The molecule has 2 rings (SSSR count). The van der Waals surface area contributed by atoms with Crippen molar-refractivity contribution in [1.82, 2.24) is 5.32 Å². The van der Waals surface area contributed by atoms with E-state index in [4.69, 9.17) is 4.74 Å². The van der Waals surface area contributed by atoms with Crippen molar-refractivity contribution in [3.63, 3.8) is 0 Å². The summed E-state index contributed by atoms with van der Waals surface area (Å²) < 4.78 is 5.24. The largest absolute Gasteiger partial charge is 0.463 e. The Bertz CT molecular complexity index is 482. The second-order valence-electron chi connectivity index (χ2n) is 4.76. The Morgan fingerprint density at radius 3 is 2.45 bits per heavy atom.